The van der Waals surface area contributed by atoms with Gasteiger partial charge in [-0.15, -0.1) is 0 Å². The Balaban J connectivity index is 1.68. The maximum atomic E-state index is 5.57. The van der Waals surface area contributed by atoms with E-state index in [0.29, 0.717) is 6.79 Å². The Hall–Kier alpha value is -1.98. The summed E-state index contributed by atoms with van der Waals surface area (Å²) in [4.78, 5) is 6.05. The molecule has 0 amide bonds. The number of hydrogen-bond acceptors (Lipinski definition) is 3. The average Bonchev–Trinajstić information content (AvgIpc) is 3.17. The van der Waals surface area contributed by atoms with Crippen LogP contribution in [0.4, 0.5) is 0 Å². The van der Waals surface area contributed by atoms with E-state index in [0.717, 1.165) is 28.9 Å². The number of benzene rings is 2. The third kappa shape index (κ3) is 2.08. The van der Waals surface area contributed by atoms with Gasteiger partial charge in [-0.25, -0.2) is 0 Å². The molecule has 2 aliphatic heterocycles. The second-order valence-corrected chi connectivity index (χ2v) is 7.37. The Morgan fingerprint density at radius 2 is 2.00 bits per heavy atom. The van der Waals surface area contributed by atoms with Gasteiger partial charge in [0.05, 0.1) is 6.04 Å². The summed E-state index contributed by atoms with van der Waals surface area (Å²) in [6.45, 7) is 1.34. The minimum atomic E-state index is 0.203. The fraction of sp³-hybridized carbons (Fsp3) is 0.263. The molecule has 3 aromatic rings. The largest absolute Gasteiger partial charge is 0.454 e. The summed E-state index contributed by atoms with van der Waals surface area (Å²) in [6.07, 6.45) is 1.06. The van der Waals surface area contributed by atoms with E-state index < -0.39 is 0 Å². The molecule has 0 aliphatic carbocycles. The van der Waals surface area contributed by atoms with Crippen LogP contribution in [0.3, 0.4) is 0 Å². The Kier molecular flexibility index (Phi) is 3.15. The maximum Gasteiger partial charge on any atom is 0.231 e. The first-order valence-electron chi connectivity index (χ1n) is 8.10. The van der Waals surface area contributed by atoms with Gasteiger partial charge in [0.2, 0.25) is 6.79 Å². The van der Waals surface area contributed by atoms with Crippen molar-refractivity contribution in [2.24, 2.45) is 0 Å². The predicted octanol–water partition coefficient (Wildman–Crippen LogP) is 4.24. The number of H-pyrrole nitrogens is 1. The van der Waals surface area contributed by atoms with Crippen LogP contribution < -0.4 is 9.47 Å². The van der Waals surface area contributed by atoms with Gasteiger partial charge < -0.3 is 14.5 Å². The smallest absolute Gasteiger partial charge is 0.231 e. The van der Waals surface area contributed by atoms with Crippen molar-refractivity contribution in [1.82, 2.24) is 9.88 Å². The molecule has 2 aromatic carbocycles. The van der Waals surface area contributed by atoms with E-state index in [-0.39, 0.29) is 6.04 Å². The predicted molar refractivity (Wildman–Crippen MR) is 96.7 cm³/mol. The van der Waals surface area contributed by atoms with E-state index in [1.807, 2.05) is 6.07 Å². The van der Waals surface area contributed by atoms with Crippen LogP contribution in [0.2, 0.25) is 0 Å². The van der Waals surface area contributed by atoms with Gasteiger partial charge in [-0.2, -0.15) is 0 Å². The molecule has 0 bridgehead atoms. The van der Waals surface area contributed by atoms with Gasteiger partial charge in [-0.3, -0.25) is 4.90 Å². The third-order valence-electron chi connectivity index (χ3n) is 5.04. The Morgan fingerprint density at radius 3 is 2.92 bits per heavy atom. The molecule has 5 rings (SSSR count). The zero-order valence-corrected chi connectivity index (χ0v) is 14.9. The molecule has 3 heterocycles. The molecule has 122 valence electrons. The van der Waals surface area contributed by atoms with Gasteiger partial charge in [0.15, 0.2) is 11.5 Å². The summed E-state index contributed by atoms with van der Waals surface area (Å²) < 4.78 is 12.1. The van der Waals surface area contributed by atoms with Crippen LogP contribution in [0.25, 0.3) is 10.9 Å². The van der Waals surface area contributed by atoms with E-state index in [4.69, 9.17) is 9.47 Å². The summed E-state index contributed by atoms with van der Waals surface area (Å²) in [5.74, 6) is 1.67. The molecule has 0 spiro atoms. The monoisotopic (exact) mass is 384 g/mol. The molecule has 0 saturated heterocycles. The average molecular weight is 385 g/mol. The first-order chi connectivity index (χ1) is 11.7. The Labute approximate surface area is 148 Å². The highest BCUT2D eigenvalue weighted by molar-refractivity contribution is 9.10. The van der Waals surface area contributed by atoms with E-state index in [1.54, 1.807) is 0 Å². The zero-order valence-electron chi connectivity index (χ0n) is 13.3. The Morgan fingerprint density at radius 1 is 1.12 bits per heavy atom. The van der Waals surface area contributed by atoms with Crippen LogP contribution in [0, 0.1) is 0 Å². The Bertz CT molecular complexity index is 950. The molecule has 4 nitrogen and oxygen atoms in total. The number of fused-ring (bicyclic) bond motifs is 4. The van der Waals surface area contributed by atoms with Crippen molar-refractivity contribution in [3.63, 3.8) is 0 Å². The number of hydrogen-bond donors (Lipinski definition) is 1. The molecule has 2 aliphatic rings. The third-order valence-corrected chi connectivity index (χ3v) is 5.54. The number of aromatic amines is 1. The number of ether oxygens (including phenoxy) is 2. The van der Waals surface area contributed by atoms with Gasteiger partial charge in [0, 0.05) is 27.6 Å². The van der Waals surface area contributed by atoms with E-state index in [1.165, 1.54) is 27.7 Å². The van der Waals surface area contributed by atoms with E-state index in [9.17, 15) is 0 Å². The lowest BCUT2D eigenvalue weighted by Crippen LogP contribution is -2.32. The number of nitrogens with one attached hydrogen (secondary N) is 1. The summed E-state index contributed by atoms with van der Waals surface area (Å²) in [5, 5.41) is 1.32. The number of likely N-dealkylation sites (N-methyl/N-ethyl adjacent to an activating group) is 1. The van der Waals surface area contributed by atoms with Gasteiger partial charge in [0.25, 0.3) is 0 Å². The van der Waals surface area contributed by atoms with Gasteiger partial charge in [0.1, 0.15) is 0 Å². The molecular formula is C19H17BrN2O2. The van der Waals surface area contributed by atoms with Gasteiger partial charge in [-0.05, 0) is 54.9 Å². The van der Waals surface area contributed by atoms with Crippen molar-refractivity contribution in [3.05, 3.63) is 57.7 Å². The SMILES string of the molecule is CN1CCc2c([nH]c3ccc(Br)cc23)C1c1ccc2c(c1)OCO2. The lowest BCUT2D eigenvalue weighted by molar-refractivity contribution is 0.174. The van der Waals surface area contributed by atoms with E-state index >= 15 is 0 Å². The summed E-state index contributed by atoms with van der Waals surface area (Å²) in [5.41, 5.74) is 5.14. The molecule has 0 fully saturated rings. The lowest BCUT2D eigenvalue weighted by atomic mass is 9.93. The molecule has 0 radical (unpaired) electrons. The standard InChI is InChI=1S/C19H17BrN2O2/c1-22-7-6-13-14-9-12(20)3-4-15(14)21-18(13)19(22)11-2-5-16-17(8-11)24-10-23-16/h2-5,8-9,19,21H,6-7,10H2,1H3. The summed E-state index contributed by atoms with van der Waals surface area (Å²) in [6, 6.07) is 12.9. The van der Waals surface area contributed by atoms with Crippen LogP contribution in [0.15, 0.2) is 40.9 Å². The number of halogens is 1. The maximum absolute atomic E-state index is 5.57. The van der Waals surface area contributed by atoms with Crippen LogP contribution in [-0.4, -0.2) is 30.3 Å². The molecule has 1 atom stereocenters. The second kappa shape index (κ2) is 5.26. The minimum absolute atomic E-state index is 0.203. The number of aromatic nitrogens is 1. The first-order valence-corrected chi connectivity index (χ1v) is 8.90. The summed E-state index contributed by atoms with van der Waals surface area (Å²) in [7, 11) is 2.18. The topological polar surface area (TPSA) is 37.5 Å². The zero-order chi connectivity index (χ0) is 16.3. The molecular weight excluding hydrogens is 368 g/mol. The number of nitrogens with zero attached hydrogens (tertiary/aromatic N) is 1. The van der Waals surface area contributed by atoms with Crippen LogP contribution in [0.5, 0.6) is 11.5 Å². The van der Waals surface area contributed by atoms with Gasteiger partial charge >= 0.3 is 0 Å². The highest BCUT2D eigenvalue weighted by Gasteiger charge is 2.30. The highest BCUT2D eigenvalue weighted by atomic mass is 79.9. The molecule has 0 saturated carbocycles. The fourth-order valence-electron chi connectivity index (χ4n) is 3.89. The van der Waals surface area contributed by atoms with Crippen molar-refractivity contribution < 1.29 is 9.47 Å². The van der Waals surface area contributed by atoms with Crippen molar-refractivity contribution in [2.45, 2.75) is 12.5 Å². The molecule has 1 N–H and O–H groups in total. The van der Waals surface area contributed by atoms with Crippen molar-refractivity contribution in [3.8, 4) is 11.5 Å². The highest BCUT2D eigenvalue weighted by Crippen LogP contribution is 2.41. The van der Waals surface area contributed by atoms with E-state index in [2.05, 4.69) is 63.2 Å². The van der Waals surface area contributed by atoms with Crippen LogP contribution in [-0.2, 0) is 6.42 Å². The molecule has 5 heteroatoms. The van der Waals surface area contributed by atoms with Crippen molar-refractivity contribution >= 4 is 26.8 Å². The second-order valence-electron chi connectivity index (χ2n) is 6.45. The first kappa shape index (κ1) is 14.4. The molecule has 24 heavy (non-hydrogen) atoms. The summed E-state index contributed by atoms with van der Waals surface area (Å²) >= 11 is 3.60. The van der Waals surface area contributed by atoms with Crippen molar-refractivity contribution in [1.29, 1.82) is 0 Å². The minimum Gasteiger partial charge on any atom is -0.454 e. The number of rotatable bonds is 1. The quantitative estimate of drug-likeness (QED) is 0.681. The molecule has 1 unspecified atom stereocenters. The van der Waals surface area contributed by atoms with Crippen LogP contribution >= 0.6 is 15.9 Å². The fourth-order valence-corrected chi connectivity index (χ4v) is 4.25. The van der Waals surface area contributed by atoms with Crippen LogP contribution in [0.1, 0.15) is 22.9 Å². The molecule has 1 aromatic heterocycles. The van der Waals surface area contributed by atoms with Gasteiger partial charge in [-0.1, -0.05) is 22.0 Å². The lowest BCUT2D eigenvalue weighted by Gasteiger charge is -2.33. The normalized spacial score (nSPS) is 19.7. The van der Waals surface area contributed by atoms with Crippen molar-refractivity contribution in [2.75, 3.05) is 20.4 Å².